The molecular weight excluding hydrogens is 266 g/mol. The first-order valence-corrected chi connectivity index (χ1v) is 7.14. The molecule has 7 heteroatoms. The number of likely N-dealkylation sites (tertiary alicyclic amines) is 1. The van der Waals surface area contributed by atoms with Gasteiger partial charge in [0.25, 0.3) is 0 Å². The van der Waals surface area contributed by atoms with Crippen LogP contribution in [0.5, 0.6) is 0 Å². The molecule has 1 saturated heterocycles. The standard InChI is InChI=1S/C12H17N3O3S/c1-8(10(16)15-5-3-2-4-6-15)14-12-13-7-9(19-12)11(17)18/h7-8H,2-6H2,1H3,(H,13,14)(H,17,18). The van der Waals surface area contributed by atoms with E-state index in [9.17, 15) is 9.59 Å². The second-order valence-electron chi connectivity index (χ2n) is 4.59. The highest BCUT2D eigenvalue weighted by molar-refractivity contribution is 7.17. The van der Waals surface area contributed by atoms with Gasteiger partial charge in [-0.15, -0.1) is 0 Å². The molecule has 1 amide bonds. The molecule has 0 saturated carbocycles. The van der Waals surface area contributed by atoms with Gasteiger partial charge in [0, 0.05) is 13.1 Å². The van der Waals surface area contributed by atoms with Crippen molar-refractivity contribution in [2.75, 3.05) is 18.4 Å². The molecule has 0 bridgehead atoms. The lowest BCUT2D eigenvalue weighted by molar-refractivity contribution is -0.132. The molecule has 0 radical (unpaired) electrons. The summed E-state index contributed by atoms with van der Waals surface area (Å²) >= 11 is 1.04. The number of rotatable bonds is 4. The number of amides is 1. The lowest BCUT2D eigenvalue weighted by Crippen LogP contribution is -2.43. The summed E-state index contributed by atoms with van der Waals surface area (Å²) in [6.07, 6.45) is 4.59. The molecule has 0 aliphatic carbocycles. The second kappa shape index (κ2) is 6.01. The van der Waals surface area contributed by atoms with Crippen molar-refractivity contribution in [3.8, 4) is 0 Å². The van der Waals surface area contributed by atoms with E-state index in [0.717, 1.165) is 37.3 Å². The van der Waals surface area contributed by atoms with Crippen molar-refractivity contribution in [1.82, 2.24) is 9.88 Å². The lowest BCUT2D eigenvalue weighted by Gasteiger charge is -2.29. The molecule has 19 heavy (non-hydrogen) atoms. The highest BCUT2D eigenvalue weighted by Gasteiger charge is 2.22. The molecule has 1 aliphatic heterocycles. The molecule has 1 aliphatic rings. The van der Waals surface area contributed by atoms with Crippen LogP contribution in [0.2, 0.25) is 0 Å². The van der Waals surface area contributed by atoms with Gasteiger partial charge < -0.3 is 15.3 Å². The molecule has 2 N–H and O–H groups in total. The Labute approximate surface area is 115 Å². The fraction of sp³-hybridized carbons (Fsp3) is 0.583. The van der Waals surface area contributed by atoms with Crippen LogP contribution in [0, 0.1) is 0 Å². The highest BCUT2D eigenvalue weighted by Crippen LogP contribution is 2.19. The van der Waals surface area contributed by atoms with Crippen molar-refractivity contribution >= 4 is 28.3 Å². The number of hydrogen-bond donors (Lipinski definition) is 2. The summed E-state index contributed by atoms with van der Waals surface area (Å²) in [7, 11) is 0. The van der Waals surface area contributed by atoms with Crippen LogP contribution in [0.15, 0.2) is 6.20 Å². The van der Waals surface area contributed by atoms with Gasteiger partial charge >= 0.3 is 5.97 Å². The molecule has 2 heterocycles. The zero-order valence-electron chi connectivity index (χ0n) is 10.8. The number of carboxylic acids is 1. The zero-order chi connectivity index (χ0) is 13.8. The van der Waals surface area contributed by atoms with Crippen LogP contribution < -0.4 is 5.32 Å². The van der Waals surface area contributed by atoms with Crippen LogP contribution in [-0.4, -0.2) is 46.0 Å². The predicted molar refractivity (Wildman–Crippen MR) is 72.6 cm³/mol. The normalized spacial score (nSPS) is 17.0. The molecular formula is C12H17N3O3S. The molecule has 1 unspecified atom stereocenters. The van der Waals surface area contributed by atoms with Crippen molar-refractivity contribution in [2.24, 2.45) is 0 Å². The Balaban J connectivity index is 1.93. The van der Waals surface area contributed by atoms with Crippen molar-refractivity contribution in [1.29, 1.82) is 0 Å². The number of thiazole rings is 1. The van der Waals surface area contributed by atoms with Gasteiger partial charge in [0.15, 0.2) is 5.13 Å². The first-order valence-electron chi connectivity index (χ1n) is 6.32. The Bertz CT molecular complexity index is 469. The van der Waals surface area contributed by atoms with E-state index < -0.39 is 5.97 Å². The van der Waals surface area contributed by atoms with Crippen LogP contribution >= 0.6 is 11.3 Å². The van der Waals surface area contributed by atoms with Gasteiger partial charge in [-0.05, 0) is 26.2 Å². The third kappa shape index (κ3) is 3.44. The van der Waals surface area contributed by atoms with Crippen LogP contribution in [0.3, 0.4) is 0 Å². The van der Waals surface area contributed by atoms with E-state index in [4.69, 9.17) is 5.11 Å². The summed E-state index contributed by atoms with van der Waals surface area (Å²) in [5, 5.41) is 12.2. The Hall–Kier alpha value is -1.63. The van der Waals surface area contributed by atoms with Gasteiger partial charge in [0.05, 0.1) is 6.20 Å². The quantitative estimate of drug-likeness (QED) is 0.878. The minimum absolute atomic E-state index is 0.0479. The summed E-state index contributed by atoms with van der Waals surface area (Å²) in [4.78, 5) is 28.9. The maximum absolute atomic E-state index is 12.2. The van der Waals surface area contributed by atoms with E-state index in [1.165, 1.54) is 12.6 Å². The van der Waals surface area contributed by atoms with Gasteiger partial charge in [-0.1, -0.05) is 11.3 Å². The maximum atomic E-state index is 12.2. The third-order valence-corrected chi connectivity index (χ3v) is 4.01. The van der Waals surface area contributed by atoms with Crippen molar-refractivity contribution in [2.45, 2.75) is 32.2 Å². The summed E-state index contributed by atoms with van der Waals surface area (Å²) < 4.78 is 0. The number of nitrogens with one attached hydrogen (secondary N) is 1. The number of hydrogen-bond acceptors (Lipinski definition) is 5. The van der Waals surface area contributed by atoms with Crippen LogP contribution in [-0.2, 0) is 4.79 Å². The van der Waals surface area contributed by atoms with Crippen LogP contribution in [0.1, 0.15) is 35.9 Å². The van der Waals surface area contributed by atoms with Gasteiger partial charge in [0.2, 0.25) is 5.91 Å². The van der Waals surface area contributed by atoms with E-state index in [-0.39, 0.29) is 16.8 Å². The maximum Gasteiger partial charge on any atom is 0.347 e. The van der Waals surface area contributed by atoms with E-state index in [1.54, 1.807) is 6.92 Å². The smallest absolute Gasteiger partial charge is 0.347 e. The molecule has 0 spiro atoms. The lowest BCUT2D eigenvalue weighted by atomic mass is 10.1. The minimum atomic E-state index is -0.999. The Morgan fingerprint density at radius 1 is 1.42 bits per heavy atom. The largest absolute Gasteiger partial charge is 0.477 e. The topological polar surface area (TPSA) is 82.5 Å². The van der Waals surface area contributed by atoms with E-state index in [0.29, 0.717) is 5.13 Å². The zero-order valence-corrected chi connectivity index (χ0v) is 11.6. The summed E-state index contributed by atoms with van der Waals surface area (Å²) in [6.45, 7) is 3.39. The molecule has 6 nitrogen and oxygen atoms in total. The van der Waals surface area contributed by atoms with Gasteiger partial charge in [0.1, 0.15) is 10.9 Å². The fourth-order valence-corrected chi connectivity index (χ4v) is 2.82. The SMILES string of the molecule is CC(Nc1ncc(C(=O)O)s1)C(=O)N1CCCCC1. The second-order valence-corrected chi connectivity index (χ2v) is 5.62. The van der Waals surface area contributed by atoms with Gasteiger partial charge in [-0.25, -0.2) is 9.78 Å². The number of aromatic nitrogens is 1. The summed E-state index contributed by atoms with van der Waals surface area (Å²) in [5.74, 6) is -0.952. The molecule has 1 aromatic rings. The summed E-state index contributed by atoms with van der Waals surface area (Å²) in [6, 6.07) is -0.383. The molecule has 1 aromatic heterocycles. The van der Waals surface area contributed by atoms with Crippen LogP contribution in [0.4, 0.5) is 5.13 Å². The highest BCUT2D eigenvalue weighted by atomic mass is 32.1. The molecule has 2 rings (SSSR count). The predicted octanol–water partition coefficient (Wildman–Crippen LogP) is 1.65. The number of aromatic carboxylic acids is 1. The molecule has 1 fully saturated rings. The number of anilines is 1. The minimum Gasteiger partial charge on any atom is -0.477 e. The average Bonchev–Trinajstić information content (AvgIpc) is 2.87. The fourth-order valence-electron chi connectivity index (χ4n) is 2.07. The van der Waals surface area contributed by atoms with Gasteiger partial charge in [-0.2, -0.15) is 0 Å². The Morgan fingerprint density at radius 3 is 2.68 bits per heavy atom. The summed E-state index contributed by atoms with van der Waals surface area (Å²) in [5.41, 5.74) is 0. The number of carboxylic acid groups (broad SMARTS) is 1. The van der Waals surface area contributed by atoms with E-state index >= 15 is 0 Å². The number of carbonyl (C=O) groups excluding carboxylic acids is 1. The molecule has 0 aromatic carbocycles. The Morgan fingerprint density at radius 2 is 2.11 bits per heavy atom. The number of nitrogens with zero attached hydrogens (tertiary/aromatic N) is 2. The number of piperidine rings is 1. The van der Waals surface area contributed by atoms with Gasteiger partial charge in [-0.3, -0.25) is 4.79 Å². The first kappa shape index (κ1) is 13.8. The van der Waals surface area contributed by atoms with Crippen molar-refractivity contribution in [3.05, 3.63) is 11.1 Å². The van der Waals surface area contributed by atoms with E-state index in [2.05, 4.69) is 10.3 Å². The average molecular weight is 283 g/mol. The van der Waals surface area contributed by atoms with Crippen LogP contribution in [0.25, 0.3) is 0 Å². The van der Waals surface area contributed by atoms with E-state index in [1.807, 2.05) is 4.90 Å². The van der Waals surface area contributed by atoms with Crippen molar-refractivity contribution in [3.63, 3.8) is 0 Å². The Kier molecular flexibility index (Phi) is 4.36. The molecule has 104 valence electrons. The first-order chi connectivity index (χ1) is 9.08. The molecule has 1 atom stereocenters. The monoisotopic (exact) mass is 283 g/mol. The van der Waals surface area contributed by atoms with Crippen molar-refractivity contribution < 1.29 is 14.7 Å². The third-order valence-electron chi connectivity index (χ3n) is 3.09. The number of carbonyl (C=O) groups is 2.